The van der Waals surface area contributed by atoms with Gasteiger partial charge in [-0.2, -0.15) is 13.2 Å². The average molecular weight is 370 g/mol. The maximum absolute atomic E-state index is 12.4. The number of alkyl halides is 3. The Bertz CT molecular complexity index is 764. The number of nitrogens with zero attached hydrogens (tertiary/aromatic N) is 1. The van der Waals surface area contributed by atoms with Crippen molar-refractivity contribution in [1.29, 1.82) is 0 Å². The Labute approximate surface area is 145 Å². The number of halogens is 3. The zero-order valence-electron chi connectivity index (χ0n) is 13.0. The molecule has 0 spiro atoms. The highest BCUT2D eigenvalue weighted by atomic mass is 32.2. The van der Waals surface area contributed by atoms with Crippen LogP contribution in [-0.4, -0.2) is 35.9 Å². The molecule has 1 N–H and O–H groups in total. The largest absolute Gasteiger partial charge is 0.465 e. The molecule has 0 atom stereocenters. The van der Waals surface area contributed by atoms with Crippen LogP contribution in [0.25, 0.3) is 0 Å². The highest BCUT2D eigenvalue weighted by Crippen LogP contribution is 2.28. The molecule has 0 aliphatic rings. The van der Waals surface area contributed by atoms with Gasteiger partial charge in [0.2, 0.25) is 0 Å². The van der Waals surface area contributed by atoms with E-state index in [1.807, 2.05) is 0 Å². The maximum Gasteiger partial charge on any atom is 0.398 e. The number of rotatable bonds is 5. The van der Waals surface area contributed by atoms with Crippen LogP contribution in [0.3, 0.4) is 0 Å². The molecule has 0 unspecified atom stereocenters. The minimum Gasteiger partial charge on any atom is -0.465 e. The smallest absolute Gasteiger partial charge is 0.398 e. The van der Waals surface area contributed by atoms with Crippen molar-refractivity contribution in [3.8, 4) is 0 Å². The van der Waals surface area contributed by atoms with Gasteiger partial charge in [0.25, 0.3) is 5.91 Å². The van der Waals surface area contributed by atoms with Gasteiger partial charge < -0.3 is 10.1 Å². The van der Waals surface area contributed by atoms with Crippen molar-refractivity contribution in [3.05, 3.63) is 53.7 Å². The molecule has 1 aromatic heterocycles. The van der Waals surface area contributed by atoms with Crippen LogP contribution in [0.1, 0.15) is 20.7 Å². The Balaban J connectivity index is 2.12. The van der Waals surface area contributed by atoms with Crippen molar-refractivity contribution in [2.75, 3.05) is 18.2 Å². The summed E-state index contributed by atoms with van der Waals surface area (Å²) in [5, 5.41) is 2.54. The normalized spacial score (nSPS) is 11.0. The molecule has 9 heteroatoms. The number of aromatic nitrogens is 1. The Morgan fingerprint density at radius 2 is 1.88 bits per heavy atom. The Morgan fingerprint density at radius 3 is 2.48 bits per heavy atom. The third-order valence-corrected chi connectivity index (χ3v) is 4.02. The molecule has 0 saturated heterocycles. The van der Waals surface area contributed by atoms with Gasteiger partial charge >= 0.3 is 12.1 Å². The third-order valence-electron chi connectivity index (χ3n) is 2.95. The standard InChI is InChI=1S/C16H13F3N2O3S/c1-24-15(23)10-4-6-11(7-5-10)21-13(22)12-3-2-8-20-14(12)25-9-16(17,18)19/h2-8H,9H2,1H3,(H,21,22). The number of carbonyl (C=O) groups is 2. The van der Waals surface area contributed by atoms with Crippen molar-refractivity contribution in [1.82, 2.24) is 4.98 Å². The lowest BCUT2D eigenvalue weighted by Crippen LogP contribution is -2.15. The Hall–Kier alpha value is -2.55. The van der Waals surface area contributed by atoms with Gasteiger partial charge in [0, 0.05) is 11.9 Å². The molecule has 0 aliphatic carbocycles. The van der Waals surface area contributed by atoms with Crippen molar-refractivity contribution in [2.45, 2.75) is 11.2 Å². The van der Waals surface area contributed by atoms with Crippen LogP contribution >= 0.6 is 11.8 Å². The number of carbonyl (C=O) groups excluding carboxylic acids is 2. The van der Waals surface area contributed by atoms with Gasteiger partial charge in [0.1, 0.15) is 5.03 Å². The maximum atomic E-state index is 12.4. The minimum absolute atomic E-state index is 0.0106. The molecule has 0 saturated carbocycles. The molecule has 1 amide bonds. The SMILES string of the molecule is COC(=O)c1ccc(NC(=O)c2cccnc2SCC(F)(F)F)cc1. The summed E-state index contributed by atoms with van der Waals surface area (Å²) in [4.78, 5) is 27.5. The summed E-state index contributed by atoms with van der Waals surface area (Å²) in [6, 6.07) is 8.76. The second-order valence-electron chi connectivity index (χ2n) is 4.78. The third kappa shape index (κ3) is 5.49. The number of nitrogens with one attached hydrogen (secondary N) is 1. The number of anilines is 1. The first-order chi connectivity index (χ1) is 11.8. The number of esters is 1. The second kappa shape index (κ2) is 8.02. The summed E-state index contributed by atoms with van der Waals surface area (Å²) in [6.45, 7) is 0. The highest BCUT2D eigenvalue weighted by Gasteiger charge is 2.28. The van der Waals surface area contributed by atoms with Crippen molar-refractivity contribution >= 4 is 29.3 Å². The van der Waals surface area contributed by atoms with Crippen molar-refractivity contribution in [2.24, 2.45) is 0 Å². The lowest BCUT2D eigenvalue weighted by atomic mass is 10.2. The summed E-state index contributed by atoms with van der Waals surface area (Å²) in [5.41, 5.74) is 0.727. The number of pyridine rings is 1. The van der Waals surface area contributed by atoms with Gasteiger partial charge in [-0.05, 0) is 36.4 Å². The predicted molar refractivity (Wildman–Crippen MR) is 86.8 cm³/mol. The summed E-state index contributed by atoms with van der Waals surface area (Å²) < 4.78 is 41.7. The molecule has 0 aliphatic heterocycles. The van der Waals surface area contributed by atoms with Gasteiger partial charge in [-0.3, -0.25) is 4.79 Å². The second-order valence-corrected chi connectivity index (χ2v) is 5.75. The Kier molecular flexibility index (Phi) is 6.02. The first-order valence-electron chi connectivity index (χ1n) is 6.94. The van der Waals surface area contributed by atoms with E-state index in [1.54, 1.807) is 0 Å². The van der Waals surface area contributed by atoms with Crippen molar-refractivity contribution < 1.29 is 27.5 Å². The van der Waals surface area contributed by atoms with E-state index in [4.69, 9.17) is 0 Å². The Morgan fingerprint density at radius 1 is 1.20 bits per heavy atom. The van der Waals surface area contributed by atoms with E-state index >= 15 is 0 Å². The fraction of sp³-hybridized carbons (Fsp3) is 0.188. The zero-order chi connectivity index (χ0) is 18.4. The first-order valence-corrected chi connectivity index (χ1v) is 7.93. The number of ether oxygens (including phenoxy) is 1. The summed E-state index contributed by atoms with van der Waals surface area (Å²) in [6.07, 6.45) is -3.04. The minimum atomic E-state index is -4.36. The zero-order valence-corrected chi connectivity index (χ0v) is 13.8. The molecule has 25 heavy (non-hydrogen) atoms. The fourth-order valence-electron chi connectivity index (χ4n) is 1.83. The van der Waals surface area contributed by atoms with E-state index in [9.17, 15) is 22.8 Å². The van der Waals surface area contributed by atoms with E-state index in [-0.39, 0.29) is 10.6 Å². The quantitative estimate of drug-likeness (QED) is 0.641. The van der Waals surface area contributed by atoms with E-state index in [0.29, 0.717) is 23.0 Å². The first kappa shape index (κ1) is 18.8. The molecule has 1 aromatic carbocycles. The van der Waals surface area contributed by atoms with Crippen LogP contribution in [0.4, 0.5) is 18.9 Å². The van der Waals surface area contributed by atoms with E-state index in [2.05, 4.69) is 15.0 Å². The molecule has 5 nitrogen and oxygen atoms in total. The number of hydrogen-bond acceptors (Lipinski definition) is 5. The molecular formula is C16H13F3N2O3S. The molecule has 2 aromatic rings. The predicted octanol–water partition coefficient (Wildman–Crippen LogP) is 3.77. The van der Waals surface area contributed by atoms with Gasteiger partial charge in [0.15, 0.2) is 0 Å². The van der Waals surface area contributed by atoms with Crippen molar-refractivity contribution in [3.63, 3.8) is 0 Å². The average Bonchev–Trinajstić information content (AvgIpc) is 2.59. The molecule has 0 fully saturated rings. The molecule has 1 heterocycles. The van der Waals surface area contributed by atoms with E-state index < -0.39 is 23.8 Å². The van der Waals surface area contributed by atoms with Gasteiger partial charge in [-0.1, -0.05) is 11.8 Å². The summed E-state index contributed by atoms with van der Waals surface area (Å²) in [5.74, 6) is -2.25. The number of thioether (sulfide) groups is 1. The van der Waals surface area contributed by atoms with Crippen LogP contribution in [-0.2, 0) is 4.74 Å². The summed E-state index contributed by atoms with van der Waals surface area (Å²) >= 11 is 0.444. The summed E-state index contributed by atoms with van der Waals surface area (Å²) in [7, 11) is 1.25. The van der Waals surface area contributed by atoms with Crippen LogP contribution in [0.15, 0.2) is 47.6 Å². The van der Waals surface area contributed by atoms with E-state index in [0.717, 1.165) is 0 Å². The lowest BCUT2D eigenvalue weighted by molar-refractivity contribution is -0.105. The number of benzene rings is 1. The molecule has 2 rings (SSSR count). The van der Waals surface area contributed by atoms with Gasteiger partial charge in [-0.15, -0.1) is 0 Å². The highest BCUT2D eigenvalue weighted by molar-refractivity contribution is 7.99. The molecule has 0 bridgehead atoms. The van der Waals surface area contributed by atoms with Crippen LogP contribution < -0.4 is 5.32 Å². The molecule has 132 valence electrons. The van der Waals surface area contributed by atoms with E-state index in [1.165, 1.54) is 49.7 Å². The van der Waals surface area contributed by atoms with Crippen LogP contribution in [0.5, 0.6) is 0 Å². The molecular weight excluding hydrogens is 357 g/mol. The monoisotopic (exact) mass is 370 g/mol. The lowest BCUT2D eigenvalue weighted by Gasteiger charge is -2.10. The van der Waals surface area contributed by atoms with Crippen LogP contribution in [0, 0.1) is 0 Å². The topological polar surface area (TPSA) is 68.3 Å². The number of hydrogen-bond donors (Lipinski definition) is 1. The molecule has 0 radical (unpaired) electrons. The fourth-order valence-corrected chi connectivity index (χ4v) is 2.59. The van der Waals surface area contributed by atoms with Crippen LogP contribution in [0.2, 0.25) is 0 Å². The van der Waals surface area contributed by atoms with Gasteiger partial charge in [0.05, 0.1) is 24.0 Å². The number of methoxy groups -OCH3 is 1. The van der Waals surface area contributed by atoms with Gasteiger partial charge in [-0.25, -0.2) is 9.78 Å². The number of amides is 1.